The van der Waals surface area contributed by atoms with Crippen molar-refractivity contribution in [2.75, 3.05) is 24.3 Å². The first-order chi connectivity index (χ1) is 8.28. The van der Waals surface area contributed by atoms with E-state index in [1.165, 1.54) is 6.07 Å². The number of amides is 1. The third kappa shape index (κ3) is 5.00. The average molecular weight is 266 g/mol. The normalized spacial score (nSPS) is 11.3. The summed E-state index contributed by atoms with van der Waals surface area (Å²) in [7, 11) is 0. The highest BCUT2D eigenvalue weighted by Crippen LogP contribution is 2.17. The zero-order chi connectivity index (χ0) is 13.8. The number of carbonyl (C=O) groups is 1. The van der Waals surface area contributed by atoms with E-state index in [-0.39, 0.29) is 11.4 Å². The molecule has 100 valence electrons. The van der Waals surface area contributed by atoms with Crippen LogP contribution in [0.4, 0.5) is 28.9 Å². The van der Waals surface area contributed by atoms with Crippen LogP contribution in [0.3, 0.4) is 0 Å². The number of nitrogens with two attached hydrogens (primary N) is 1. The van der Waals surface area contributed by atoms with Crippen molar-refractivity contribution in [1.29, 1.82) is 0 Å². The second-order valence-electron chi connectivity index (χ2n) is 3.40. The van der Waals surface area contributed by atoms with Gasteiger partial charge in [0.25, 0.3) is 0 Å². The average Bonchev–Trinajstić information content (AvgIpc) is 2.21. The van der Waals surface area contributed by atoms with Crippen LogP contribution >= 0.6 is 0 Å². The number of hydrogen-bond donors (Lipinski definition) is 2. The molecule has 4 nitrogen and oxygen atoms in total. The van der Waals surface area contributed by atoms with Crippen LogP contribution < -0.4 is 11.1 Å². The molecule has 18 heavy (non-hydrogen) atoms. The van der Waals surface area contributed by atoms with Gasteiger partial charge in [-0.1, -0.05) is 0 Å². The number of carbonyl (C=O) groups excluding carboxylic acids is 1. The van der Waals surface area contributed by atoms with Crippen LogP contribution in [0.2, 0.25) is 0 Å². The van der Waals surface area contributed by atoms with Gasteiger partial charge in [0, 0.05) is 5.69 Å². The summed E-state index contributed by atoms with van der Waals surface area (Å²) < 4.78 is 52.4. The van der Waals surface area contributed by atoms with Crippen molar-refractivity contribution in [3.05, 3.63) is 24.0 Å². The van der Waals surface area contributed by atoms with E-state index in [1.54, 1.807) is 0 Å². The summed E-state index contributed by atoms with van der Waals surface area (Å²) >= 11 is 0. The maximum atomic E-state index is 13.2. The summed E-state index contributed by atoms with van der Waals surface area (Å²) in [6.45, 7) is -2.37. The van der Waals surface area contributed by atoms with Gasteiger partial charge in [-0.25, -0.2) is 4.39 Å². The molecule has 0 heterocycles. The van der Waals surface area contributed by atoms with E-state index in [2.05, 4.69) is 10.1 Å². The maximum absolute atomic E-state index is 13.2. The fourth-order valence-corrected chi connectivity index (χ4v) is 1.08. The summed E-state index contributed by atoms with van der Waals surface area (Å²) in [5, 5.41) is 2.05. The Hall–Kier alpha value is -1.83. The molecule has 1 aromatic carbocycles. The number of alkyl halides is 3. The van der Waals surface area contributed by atoms with E-state index >= 15 is 0 Å². The lowest BCUT2D eigenvalue weighted by Crippen LogP contribution is -2.24. The maximum Gasteiger partial charge on any atom is 0.411 e. The number of nitrogen functional groups attached to an aromatic ring is 1. The van der Waals surface area contributed by atoms with Crippen molar-refractivity contribution >= 4 is 17.3 Å². The monoisotopic (exact) mass is 266 g/mol. The minimum atomic E-state index is -4.51. The largest absolute Gasteiger partial charge is 0.411 e. The van der Waals surface area contributed by atoms with Gasteiger partial charge in [0.15, 0.2) is 0 Å². The van der Waals surface area contributed by atoms with Crippen LogP contribution in [-0.2, 0) is 9.53 Å². The number of halogens is 4. The predicted octanol–water partition coefficient (Wildman–Crippen LogP) is 1.93. The van der Waals surface area contributed by atoms with E-state index in [0.717, 1.165) is 12.1 Å². The molecule has 0 fully saturated rings. The topological polar surface area (TPSA) is 64.3 Å². The van der Waals surface area contributed by atoms with Crippen molar-refractivity contribution in [3.8, 4) is 0 Å². The lowest BCUT2D eigenvalue weighted by Gasteiger charge is -2.09. The molecule has 0 spiro atoms. The standard InChI is InChI=1S/C10H10F4N2O2/c11-7-2-1-6(15)3-8(7)16-9(17)4-18-5-10(12,13)14/h1-3H,4-5,15H2,(H,16,17). The highest BCUT2D eigenvalue weighted by molar-refractivity contribution is 5.92. The Kier molecular flexibility index (Phi) is 4.49. The molecule has 0 aliphatic heterocycles. The quantitative estimate of drug-likeness (QED) is 0.646. The molecular weight excluding hydrogens is 256 g/mol. The Balaban J connectivity index is 2.47. The van der Waals surface area contributed by atoms with Crippen LogP contribution in [0.25, 0.3) is 0 Å². The minimum absolute atomic E-state index is 0.211. The first kappa shape index (κ1) is 14.2. The number of nitrogens with one attached hydrogen (secondary N) is 1. The van der Waals surface area contributed by atoms with Crippen LogP contribution in [0.1, 0.15) is 0 Å². The van der Waals surface area contributed by atoms with Crippen molar-refractivity contribution in [3.63, 3.8) is 0 Å². The van der Waals surface area contributed by atoms with Gasteiger partial charge >= 0.3 is 6.18 Å². The lowest BCUT2D eigenvalue weighted by molar-refractivity contribution is -0.174. The molecule has 0 saturated carbocycles. The summed E-state index contributed by atoms with van der Waals surface area (Å²) in [5.74, 6) is -1.64. The molecule has 0 aliphatic carbocycles. The molecule has 1 amide bonds. The number of ether oxygens (including phenoxy) is 1. The summed E-state index contributed by atoms with van der Waals surface area (Å²) in [6.07, 6.45) is -4.51. The third-order valence-corrected chi connectivity index (χ3v) is 1.76. The van der Waals surface area contributed by atoms with E-state index in [1.807, 2.05) is 0 Å². The summed E-state index contributed by atoms with van der Waals surface area (Å²) in [6, 6.07) is 3.46. The molecule has 0 radical (unpaired) electrons. The van der Waals surface area contributed by atoms with Crippen LogP contribution in [0, 0.1) is 5.82 Å². The Morgan fingerprint density at radius 3 is 2.67 bits per heavy atom. The van der Waals surface area contributed by atoms with Gasteiger partial charge in [0.1, 0.15) is 19.0 Å². The first-order valence-corrected chi connectivity index (χ1v) is 4.77. The molecule has 1 rings (SSSR count). The SMILES string of the molecule is Nc1ccc(F)c(NC(=O)COCC(F)(F)F)c1. The Morgan fingerprint density at radius 1 is 1.39 bits per heavy atom. The first-order valence-electron chi connectivity index (χ1n) is 4.77. The molecule has 0 aliphatic rings. The van der Waals surface area contributed by atoms with Gasteiger partial charge in [-0.15, -0.1) is 0 Å². The van der Waals surface area contributed by atoms with E-state index < -0.39 is 31.1 Å². The number of benzene rings is 1. The van der Waals surface area contributed by atoms with Gasteiger partial charge in [0.2, 0.25) is 5.91 Å². The fourth-order valence-electron chi connectivity index (χ4n) is 1.08. The summed E-state index contributed by atoms with van der Waals surface area (Å²) in [4.78, 5) is 11.2. The van der Waals surface area contributed by atoms with Gasteiger partial charge in [0.05, 0.1) is 5.69 Å². The van der Waals surface area contributed by atoms with Gasteiger partial charge in [-0.2, -0.15) is 13.2 Å². The van der Waals surface area contributed by atoms with Gasteiger partial charge < -0.3 is 15.8 Å². The Labute approximate surface area is 99.7 Å². The number of anilines is 2. The molecule has 0 unspecified atom stereocenters. The number of hydrogen-bond acceptors (Lipinski definition) is 3. The lowest BCUT2D eigenvalue weighted by atomic mass is 10.2. The van der Waals surface area contributed by atoms with E-state index in [9.17, 15) is 22.4 Å². The predicted molar refractivity (Wildman–Crippen MR) is 56.3 cm³/mol. The molecule has 0 bridgehead atoms. The van der Waals surface area contributed by atoms with Crippen molar-refractivity contribution in [2.45, 2.75) is 6.18 Å². The van der Waals surface area contributed by atoms with E-state index in [0.29, 0.717) is 0 Å². The fraction of sp³-hybridized carbons (Fsp3) is 0.300. The third-order valence-electron chi connectivity index (χ3n) is 1.76. The van der Waals surface area contributed by atoms with Crippen LogP contribution in [0.5, 0.6) is 0 Å². The Bertz CT molecular complexity index is 434. The number of rotatable bonds is 4. The van der Waals surface area contributed by atoms with Crippen LogP contribution in [-0.4, -0.2) is 25.3 Å². The zero-order valence-electron chi connectivity index (χ0n) is 9.05. The molecule has 0 aromatic heterocycles. The van der Waals surface area contributed by atoms with E-state index in [4.69, 9.17) is 5.73 Å². The Morgan fingerprint density at radius 2 is 2.06 bits per heavy atom. The molecule has 8 heteroatoms. The van der Waals surface area contributed by atoms with Gasteiger partial charge in [-0.3, -0.25) is 4.79 Å². The zero-order valence-corrected chi connectivity index (χ0v) is 9.05. The molecule has 3 N–H and O–H groups in total. The van der Waals surface area contributed by atoms with Gasteiger partial charge in [-0.05, 0) is 18.2 Å². The second-order valence-corrected chi connectivity index (χ2v) is 3.40. The highest BCUT2D eigenvalue weighted by Gasteiger charge is 2.27. The molecular formula is C10H10F4N2O2. The molecule has 1 aromatic rings. The smallest absolute Gasteiger partial charge is 0.399 e. The van der Waals surface area contributed by atoms with Crippen LogP contribution in [0.15, 0.2) is 18.2 Å². The van der Waals surface area contributed by atoms with Crippen molar-refractivity contribution in [1.82, 2.24) is 0 Å². The highest BCUT2D eigenvalue weighted by atomic mass is 19.4. The molecule has 0 saturated heterocycles. The summed E-state index contributed by atoms with van der Waals surface area (Å²) in [5.41, 5.74) is 5.36. The van der Waals surface area contributed by atoms with Crippen molar-refractivity contribution in [2.24, 2.45) is 0 Å². The second kappa shape index (κ2) is 5.67. The van der Waals surface area contributed by atoms with Crippen molar-refractivity contribution < 1.29 is 27.1 Å². The molecule has 0 atom stereocenters. The minimum Gasteiger partial charge on any atom is -0.399 e.